The van der Waals surface area contributed by atoms with Gasteiger partial charge in [0.15, 0.2) is 0 Å². The minimum Gasteiger partial charge on any atom is -0.368 e. The van der Waals surface area contributed by atoms with Gasteiger partial charge in [0.1, 0.15) is 11.8 Å². The number of anilines is 1. The number of alkyl halides is 1. The molecular weight excluding hydrogens is 277 g/mol. The van der Waals surface area contributed by atoms with Crippen molar-refractivity contribution in [2.75, 3.05) is 18.0 Å². The number of nitrogens with zero attached hydrogens (tertiary/aromatic N) is 3. The van der Waals surface area contributed by atoms with Gasteiger partial charge in [-0.15, -0.1) is 0 Å². The van der Waals surface area contributed by atoms with Crippen LogP contribution in [0.25, 0.3) is 16.7 Å². The van der Waals surface area contributed by atoms with E-state index in [2.05, 4.69) is 45.8 Å². The zero-order valence-electron chi connectivity index (χ0n) is 12.4. The molecule has 0 amide bonds. The van der Waals surface area contributed by atoms with Gasteiger partial charge in [-0.3, -0.25) is 4.40 Å². The Morgan fingerprint density at radius 3 is 2.77 bits per heavy atom. The van der Waals surface area contributed by atoms with Crippen molar-refractivity contribution in [3.63, 3.8) is 0 Å². The largest absolute Gasteiger partial charge is 0.368 e. The van der Waals surface area contributed by atoms with Gasteiger partial charge in [0.25, 0.3) is 0 Å². The molecule has 2 fully saturated rings. The molecule has 2 aliphatic rings. The van der Waals surface area contributed by atoms with Gasteiger partial charge < -0.3 is 4.90 Å². The lowest BCUT2D eigenvalue weighted by Crippen LogP contribution is -2.19. The highest BCUT2D eigenvalue weighted by molar-refractivity contribution is 5.82. The molecule has 112 valence electrons. The fourth-order valence-electron chi connectivity index (χ4n) is 3.54. The Bertz CT molecular complexity index is 865. The molecule has 0 bridgehead atoms. The summed E-state index contributed by atoms with van der Waals surface area (Å²) in [5, 5.41) is 0. The number of hydrogen-bond acceptors (Lipinski definition) is 2. The second-order valence-electron chi connectivity index (χ2n) is 6.58. The van der Waals surface area contributed by atoms with Crippen LogP contribution in [0.3, 0.4) is 0 Å². The topological polar surface area (TPSA) is 20.5 Å². The van der Waals surface area contributed by atoms with E-state index in [0.29, 0.717) is 13.0 Å². The molecule has 1 aliphatic carbocycles. The highest BCUT2D eigenvalue weighted by Crippen LogP contribution is 2.41. The van der Waals surface area contributed by atoms with Crippen molar-refractivity contribution >= 4 is 22.4 Å². The molecule has 0 spiro atoms. The first kappa shape index (κ1) is 12.4. The number of benzene rings is 1. The van der Waals surface area contributed by atoms with Gasteiger partial charge in [-0.25, -0.2) is 9.37 Å². The molecule has 1 saturated carbocycles. The summed E-state index contributed by atoms with van der Waals surface area (Å²) in [4.78, 5) is 6.84. The molecule has 22 heavy (non-hydrogen) atoms. The highest BCUT2D eigenvalue weighted by Gasteiger charge is 2.24. The third kappa shape index (κ3) is 1.90. The Morgan fingerprint density at radius 1 is 1.09 bits per heavy atom. The molecule has 0 unspecified atom stereocenters. The molecule has 2 aromatic heterocycles. The minimum atomic E-state index is -0.698. The summed E-state index contributed by atoms with van der Waals surface area (Å²) >= 11 is 0. The molecule has 1 aromatic carbocycles. The number of aromatic nitrogens is 2. The molecule has 3 aromatic rings. The van der Waals surface area contributed by atoms with E-state index in [1.54, 1.807) is 0 Å². The second-order valence-corrected chi connectivity index (χ2v) is 6.58. The highest BCUT2D eigenvalue weighted by atomic mass is 19.1. The Balaban J connectivity index is 1.62. The fourth-order valence-corrected chi connectivity index (χ4v) is 3.54. The summed E-state index contributed by atoms with van der Waals surface area (Å²) < 4.78 is 15.6. The minimum absolute atomic E-state index is 0.502. The Labute approximate surface area is 128 Å². The molecule has 1 saturated heterocycles. The Morgan fingerprint density at radius 2 is 2.00 bits per heavy atom. The first-order valence-electron chi connectivity index (χ1n) is 8.09. The lowest BCUT2D eigenvalue weighted by molar-refractivity contribution is 0.364. The van der Waals surface area contributed by atoms with Crippen molar-refractivity contribution < 1.29 is 4.39 Å². The number of rotatable bonds is 2. The van der Waals surface area contributed by atoms with Crippen LogP contribution in [0.5, 0.6) is 0 Å². The summed E-state index contributed by atoms with van der Waals surface area (Å²) in [7, 11) is 0. The normalized spacial score (nSPS) is 22.0. The standard InChI is InChI=1S/C18H18FN3/c19-14-5-7-21(11-14)15-6-8-22-17-9-13(12-1-2-12)3-4-16(17)20-18(22)10-15/h3-4,6,8-10,12,14H,1-2,5,7,11H2/t14-/m1/s1. The molecule has 1 atom stereocenters. The van der Waals surface area contributed by atoms with Crippen molar-refractivity contribution in [1.29, 1.82) is 0 Å². The van der Waals surface area contributed by atoms with Gasteiger partial charge in [-0.1, -0.05) is 6.07 Å². The van der Waals surface area contributed by atoms with E-state index in [0.717, 1.165) is 29.3 Å². The van der Waals surface area contributed by atoms with Crippen molar-refractivity contribution in [3.05, 3.63) is 42.1 Å². The van der Waals surface area contributed by atoms with Crippen molar-refractivity contribution in [2.24, 2.45) is 0 Å². The molecule has 3 heterocycles. The van der Waals surface area contributed by atoms with E-state index in [9.17, 15) is 4.39 Å². The van der Waals surface area contributed by atoms with Gasteiger partial charge in [-0.2, -0.15) is 0 Å². The van der Waals surface area contributed by atoms with Crippen molar-refractivity contribution in [2.45, 2.75) is 31.4 Å². The summed E-state index contributed by atoms with van der Waals surface area (Å²) in [6.45, 7) is 1.30. The van der Waals surface area contributed by atoms with Crippen LogP contribution in [0.4, 0.5) is 10.1 Å². The molecule has 5 rings (SSSR count). The number of halogens is 1. The van der Waals surface area contributed by atoms with Crippen molar-refractivity contribution in [3.8, 4) is 0 Å². The maximum atomic E-state index is 13.4. The van der Waals surface area contributed by atoms with E-state index in [1.165, 1.54) is 23.9 Å². The first-order chi connectivity index (χ1) is 10.8. The number of pyridine rings is 1. The van der Waals surface area contributed by atoms with Crippen LogP contribution in [-0.4, -0.2) is 28.6 Å². The number of hydrogen-bond donors (Lipinski definition) is 0. The second kappa shape index (κ2) is 4.45. The third-order valence-corrected chi connectivity index (χ3v) is 4.96. The molecule has 4 heteroatoms. The van der Waals surface area contributed by atoms with Crippen LogP contribution in [-0.2, 0) is 0 Å². The van der Waals surface area contributed by atoms with Gasteiger partial charge in [0.05, 0.1) is 11.0 Å². The van der Waals surface area contributed by atoms with Gasteiger partial charge >= 0.3 is 0 Å². The smallest absolute Gasteiger partial charge is 0.139 e. The van der Waals surface area contributed by atoms with Crippen LogP contribution in [0, 0.1) is 0 Å². The van der Waals surface area contributed by atoms with Crippen LogP contribution in [0.15, 0.2) is 36.5 Å². The lowest BCUT2D eigenvalue weighted by atomic mass is 10.1. The third-order valence-electron chi connectivity index (χ3n) is 4.96. The van der Waals surface area contributed by atoms with E-state index in [1.807, 2.05) is 0 Å². The van der Waals surface area contributed by atoms with E-state index >= 15 is 0 Å². The molecular formula is C18H18FN3. The van der Waals surface area contributed by atoms with Gasteiger partial charge in [-0.05, 0) is 48.9 Å². The van der Waals surface area contributed by atoms with Gasteiger partial charge in [0.2, 0.25) is 0 Å². The van der Waals surface area contributed by atoms with E-state index in [-0.39, 0.29) is 0 Å². The predicted molar refractivity (Wildman–Crippen MR) is 86.4 cm³/mol. The summed E-state index contributed by atoms with van der Waals surface area (Å²) in [6, 6.07) is 10.8. The number of fused-ring (bicyclic) bond motifs is 3. The maximum Gasteiger partial charge on any atom is 0.139 e. The molecule has 1 aliphatic heterocycles. The lowest BCUT2D eigenvalue weighted by Gasteiger charge is -2.17. The van der Waals surface area contributed by atoms with Crippen LogP contribution < -0.4 is 4.90 Å². The SMILES string of the molecule is F[C@@H]1CCN(c2ccn3c(c2)nc2ccc(C4CC4)cc23)C1. The number of imidazole rings is 1. The van der Waals surface area contributed by atoms with Crippen LogP contribution in [0.2, 0.25) is 0 Å². The zero-order chi connectivity index (χ0) is 14.7. The summed E-state index contributed by atoms with van der Waals surface area (Å²) in [5.41, 5.74) is 5.66. The monoisotopic (exact) mass is 295 g/mol. The van der Waals surface area contributed by atoms with Crippen LogP contribution >= 0.6 is 0 Å². The van der Waals surface area contributed by atoms with E-state index < -0.39 is 6.17 Å². The van der Waals surface area contributed by atoms with E-state index in [4.69, 9.17) is 4.98 Å². The summed E-state index contributed by atoms with van der Waals surface area (Å²) in [6.07, 6.45) is 4.63. The predicted octanol–water partition coefficient (Wildman–Crippen LogP) is 3.91. The fraction of sp³-hybridized carbons (Fsp3) is 0.389. The Kier molecular flexibility index (Phi) is 2.52. The average molecular weight is 295 g/mol. The first-order valence-corrected chi connectivity index (χ1v) is 8.09. The maximum absolute atomic E-state index is 13.4. The quantitative estimate of drug-likeness (QED) is 0.714. The zero-order valence-corrected chi connectivity index (χ0v) is 12.4. The van der Waals surface area contributed by atoms with Crippen molar-refractivity contribution in [1.82, 2.24) is 9.38 Å². The summed E-state index contributed by atoms with van der Waals surface area (Å²) in [5.74, 6) is 0.750. The average Bonchev–Trinajstić information content (AvgIpc) is 3.19. The molecule has 3 nitrogen and oxygen atoms in total. The van der Waals surface area contributed by atoms with Crippen LogP contribution in [0.1, 0.15) is 30.7 Å². The van der Waals surface area contributed by atoms with Gasteiger partial charge in [0, 0.05) is 31.0 Å². The Hall–Kier alpha value is -2.10. The molecule has 0 radical (unpaired) electrons. The molecule has 0 N–H and O–H groups in total.